The van der Waals surface area contributed by atoms with Crippen molar-refractivity contribution in [3.05, 3.63) is 271 Å². The standard InChI is InChI=1S/C74H58N6S2/c1-45-9-13-53(14-10-45)29-39-63-43-49(5)69(77-63)66(70-50(6)44-64(78-70)40-30-54-15-11-46(2)12-16-54)60-33-23-56(24-34-60)18-20-58-27-37-62(38-28-58)72-80-74-73(82-72)79-71(81-74)61-35-25-57(26-36-61)19-17-55-21-31-59(32-22-55)65(67-47(3)41-51(7)75-67)68-48(4)42-52(8)76-68/h9-16,21-44,67,69H,1-8H3/b39-29+,40-30+,68-65-,70-66+. The molecule has 0 aliphatic carbocycles. The maximum Gasteiger partial charge on any atom is 0.155 e. The maximum absolute atomic E-state index is 5.30. The van der Waals surface area contributed by atoms with Crippen molar-refractivity contribution in [1.29, 1.82) is 0 Å². The predicted molar refractivity (Wildman–Crippen MR) is 349 cm³/mol. The largest absolute Gasteiger partial charge is 0.277 e. The van der Waals surface area contributed by atoms with E-state index >= 15 is 0 Å². The first kappa shape index (κ1) is 53.2. The van der Waals surface area contributed by atoms with Crippen LogP contribution in [0, 0.1) is 37.5 Å². The van der Waals surface area contributed by atoms with Gasteiger partial charge in [-0.2, -0.15) is 0 Å². The Labute approximate surface area is 489 Å². The second-order valence-electron chi connectivity index (χ2n) is 21.3. The highest BCUT2D eigenvalue weighted by Crippen LogP contribution is 2.40. The van der Waals surface area contributed by atoms with Crippen molar-refractivity contribution in [1.82, 2.24) is 9.97 Å². The van der Waals surface area contributed by atoms with Gasteiger partial charge in [-0.1, -0.05) is 167 Å². The first-order chi connectivity index (χ1) is 39.8. The second-order valence-corrected chi connectivity index (χ2v) is 23.3. The summed E-state index contributed by atoms with van der Waals surface area (Å²) in [5.74, 6) is 13.5. The summed E-state index contributed by atoms with van der Waals surface area (Å²) in [7, 11) is 0. The molecule has 0 N–H and O–H groups in total. The predicted octanol–water partition coefficient (Wildman–Crippen LogP) is 17.7. The summed E-state index contributed by atoms with van der Waals surface area (Å²) in [5, 5.41) is 1.88. The third-order valence-corrected chi connectivity index (χ3v) is 16.9. The third-order valence-electron chi connectivity index (χ3n) is 14.8. The number of rotatable bonds is 10. The number of aryl methyl sites for hydroxylation is 2. The van der Waals surface area contributed by atoms with E-state index in [4.69, 9.17) is 29.9 Å². The van der Waals surface area contributed by atoms with Crippen LogP contribution in [0.3, 0.4) is 0 Å². The molecular formula is C74H58N6S2. The lowest BCUT2D eigenvalue weighted by atomic mass is 9.91. The van der Waals surface area contributed by atoms with Crippen LogP contribution in [-0.4, -0.2) is 44.9 Å². The van der Waals surface area contributed by atoms with Crippen LogP contribution in [0.15, 0.2) is 236 Å². The minimum absolute atomic E-state index is 0.0415. The van der Waals surface area contributed by atoms with Gasteiger partial charge >= 0.3 is 0 Å². The lowest BCUT2D eigenvalue weighted by molar-refractivity contribution is 0.982. The normalized spacial score (nSPS) is 17.9. The van der Waals surface area contributed by atoms with E-state index in [-0.39, 0.29) is 12.1 Å². The molecule has 396 valence electrons. The van der Waals surface area contributed by atoms with Gasteiger partial charge in [-0.15, -0.1) is 0 Å². The molecule has 82 heavy (non-hydrogen) atoms. The van der Waals surface area contributed by atoms with Crippen LogP contribution in [0.25, 0.3) is 54.1 Å². The van der Waals surface area contributed by atoms with E-state index in [9.17, 15) is 0 Å². The van der Waals surface area contributed by atoms with E-state index in [0.29, 0.717) is 0 Å². The Morgan fingerprint density at radius 2 is 0.805 bits per heavy atom. The van der Waals surface area contributed by atoms with Gasteiger partial charge < -0.3 is 0 Å². The Balaban J connectivity index is 0.719. The fraction of sp³-hybridized carbons (Fsp3) is 0.135. The first-order valence-electron chi connectivity index (χ1n) is 27.5. The molecule has 2 aromatic heterocycles. The lowest BCUT2D eigenvalue weighted by Gasteiger charge is -2.18. The van der Waals surface area contributed by atoms with Gasteiger partial charge in [0.25, 0.3) is 0 Å². The number of nitrogens with zero attached hydrogens (tertiary/aromatic N) is 6. The van der Waals surface area contributed by atoms with Gasteiger partial charge in [0.05, 0.1) is 34.9 Å². The van der Waals surface area contributed by atoms with Gasteiger partial charge in [0.15, 0.2) is 9.66 Å². The summed E-state index contributed by atoms with van der Waals surface area (Å²) in [6.07, 6.45) is 17.1. The van der Waals surface area contributed by atoms with Crippen molar-refractivity contribution in [2.75, 3.05) is 0 Å². The third kappa shape index (κ3) is 11.7. The summed E-state index contributed by atoms with van der Waals surface area (Å²) in [4.78, 5) is 32.3. The van der Waals surface area contributed by atoms with Crippen LogP contribution in [0.2, 0.25) is 0 Å². The van der Waals surface area contributed by atoms with Crippen LogP contribution in [0.5, 0.6) is 0 Å². The van der Waals surface area contributed by atoms with Gasteiger partial charge in [-0.25, -0.2) is 15.0 Å². The molecule has 0 saturated carbocycles. The van der Waals surface area contributed by atoms with E-state index < -0.39 is 0 Å². The zero-order valence-electron chi connectivity index (χ0n) is 47.1. The number of thiazole rings is 2. The molecule has 6 aromatic carbocycles. The Hall–Kier alpha value is -9.44. The van der Waals surface area contributed by atoms with Crippen molar-refractivity contribution >= 4 is 78.5 Å². The number of aromatic nitrogens is 2. The van der Waals surface area contributed by atoms with Crippen molar-refractivity contribution < 1.29 is 0 Å². The first-order valence-corrected chi connectivity index (χ1v) is 29.2. The Morgan fingerprint density at radius 1 is 0.390 bits per heavy atom. The van der Waals surface area contributed by atoms with E-state index in [0.717, 1.165) is 126 Å². The molecule has 4 aliphatic rings. The molecule has 2 atom stereocenters. The molecule has 0 spiro atoms. The molecule has 0 radical (unpaired) electrons. The molecular weight excluding hydrogens is 1040 g/mol. The minimum Gasteiger partial charge on any atom is -0.277 e. The topological polar surface area (TPSA) is 75.2 Å². The summed E-state index contributed by atoms with van der Waals surface area (Å²) in [6, 6.07) is 50.5. The van der Waals surface area contributed by atoms with E-state index in [1.807, 2.05) is 6.92 Å². The highest BCUT2D eigenvalue weighted by molar-refractivity contribution is 7.29. The molecule has 6 heterocycles. The van der Waals surface area contributed by atoms with E-state index in [2.05, 4.69) is 266 Å². The number of hydrogen-bond acceptors (Lipinski definition) is 8. The molecule has 6 nitrogen and oxygen atoms in total. The number of hydrogen-bond donors (Lipinski definition) is 0. The monoisotopic (exact) mass is 1090 g/mol. The summed E-state index contributed by atoms with van der Waals surface area (Å²) >= 11 is 3.22. The molecule has 8 heteroatoms. The van der Waals surface area contributed by atoms with E-state index in [1.54, 1.807) is 22.7 Å². The Morgan fingerprint density at radius 3 is 1.24 bits per heavy atom. The number of allylic oxidation sites excluding steroid dienone is 8. The molecule has 2 unspecified atom stereocenters. The lowest BCUT2D eigenvalue weighted by Crippen LogP contribution is -2.09. The number of fused-ring (bicyclic) bond motifs is 1. The fourth-order valence-electron chi connectivity index (χ4n) is 10.5. The molecule has 0 amide bonds. The van der Waals surface area contributed by atoms with Crippen LogP contribution < -0.4 is 0 Å². The average Bonchev–Trinajstić information content (AvgIpc) is 4.40. The molecule has 4 aliphatic heterocycles. The van der Waals surface area contributed by atoms with Crippen LogP contribution in [0.4, 0.5) is 0 Å². The summed E-state index contributed by atoms with van der Waals surface area (Å²) < 4.78 is 0. The molecule has 0 saturated heterocycles. The summed E-state index contributed by atoms with van der Waals surface area (Å²) in [6.45, 7) is 16.9. The molecule has 8 aromatic rings. The minimum atomic E-state index is -0.185. The average molecular weight is 1100 g/mol. The smallest absolute Gasteiger partial charge is 0.155 e. The van der Waals surface area contributed by atoms with Gasteiger partial charge in [0.1, 0.15) is 10.0 Å². The van der Waals surface area contributed by atoms with Crippen LogP contribution >= 0.6 is 22.7 Å². The number of benzene rings is 6. The second kappa shape index (κ2) is 23.0. The van der Waals surface area contributed by atoms with Gasteiger partial charge in [-0.3, -0.25) is 15.0 Å². The molecule has 0 fully saturated rings. The Bertz CT molecular complexity index is 4370. The molecule has 12 rings (SSSR count). The molecule has 0 bridgehead atoms. The van der Waals surface area contributed by atoms with Crippen molar-refractivity contribution in [2.24, 2.45) is 20.0 Å². The fourth-order valence-corrected chi connectivity index (χ4v) is 12.5. The highest BCUT2D eigenvalue weighted by Gasteiger charge is 2.29. The van der Waals surface area contributed by atoms with Crippen molar-refractivity contribution in [2.45, 2.75) is 67.5 Å². The van der Waals surface area contributed by atoms with Gasteiger partial charge in [0.2, 0.25) is 0 Å². The van der Waals surface area contributed by atoms with Crippen LogP contribution in [0.1, 0.15) is 97.2 Å². The van der Waals surface area contributed by atoms with Crippen molar-refractivity contribution in [3.8, 4) is 44.8 Å². The zero-order chi connectivity index (χ0) is 56.4. The Kier molecular flexibility index (Phi) is 14.9. The van der Waals surface area contributed by atoms with Crippen LogP contribution in [-0.2, 0) is 0 Å². The van der Waals surface area contributed by atoms with Gasteiger partial charge in [-0.05, 0) is 185 Å². The van der Waals surface area contributed by atoms with Crippen molar-refractivity contribution in [3.63, 3.8) is 0 Å². The summed E-state index contributed by atoms with van der Waals surface area (Å²) in [5.41, 5.74) is 25.6. The SMILES string of the molecule is CC1=CC(C)=N/C1=C(/c1ccc(C#Cc2ccc(-c3nc4sc(-c5ccc(C#Cc6ccc(/C(=C7N=C(/C=C/c8ccc(C)cc8)C=C\7C)C7N=C(/C=C/c8ccc(C)cc8)C=C7C)cc6)cc5)nc4s3)cc2)cc1)C1N=C(C)C=C1C. The van der Waals surface area contributed by atoms with Gasteiger partial charge in [0, 0.05) is 56.0 Å². The number of aliphatic imine (C=N–C) groups is 4. The highest BCUT2D eigenvalue weighted by atomic mass is 32.1. The quantitative estimate of drug-likeness (QED) is 0.128. The maximum atomic E-state index is 5.30. The van der Waals surface area contributed by atoms with E-state index in [1.165, 1.54) is 27.8 Å². The zero-order valence-corrected chi connectivity index (χ0v) is 48.8.